The maximum Gasteiger partial charge on any atom is 0.357 e. The van der Waals surface area contributed by atoms with Gasteiger partial charge in [-0.1, -0.05) is 0 Å². The lowest BCUT2D eigenvalue weighted by atomic mass is 10.2. The summed E-state index contributed by atoms with van der Waals surface area (Å²) in [4.78, 5) is 11.7. The number of nitriles is 1. The second kappa shape index (κ2) is 3.89. The predicted molar refractivity (Wildman–Crippen MR) is 57.8 cm³/mol. The van der Waals surface area contributed by atoms with Crippen molar-refractivity contribution in [1.82, 2.24) is 4.57 Å². The molecule has 2 heterocycles. The number of nitrogen functional groups attached to an aromatic ring is 1. The molecule has 1 aliphatic heterocycles. The molecule has 5 heteroatoms. The highest BCUT2D eigenvalue weighted by molar-refractivity contribution is 5.94. The first kappa shape index (κ1) is 10.6. The molecule has 2 rings (SSSR count). The van der Waals surface area contributed by atoms with E-state index in [2.05, 4.69) is 6.07 Å². The van der Waals surface area contributed by atoms with Gasteiger partial charge in [-0.05, 0) is 25.8 Å². The minimum Gasteiger partial charge on any atom is -0.461 e. The summed E-state index contributed by atoms with van der Waals surface area (Å²) in [6.07, 6.45) is 1.51. The van der Waals surface area contributed by atoms with E-state index in [1.807, 2.05) is 0 Å². The van der Waals surface area contributed by atoms with E-state index in [1.165, 1.54) is 0 Å². The number of nitrogens with two attached hydrogens (primary N) is 1. The van der Waals surface area contributed by atoms with Crippen molar-refractivity contribution in [3.63, 3.8) is 0 Å². The molecule has 0 saturated heterocycles. The van der Waals surface area contributed by atoms with Crippen molar-refractivity contribution < 1.29 is 9.53 Å². The van der Waals surface area contributed by atoms with Crippen molar-refractivity contribution in [2.45, 2.75) is 25.8 Å². The van der Waals surface area contributed by atoms with Gasteiger partial charge in [0.1, 0.15) is 6.04 Å². The molecule has 0 aliphatic carbocycles. The summed E-state index contributed by atoms with van der Waals surface area (Å²) in [5.74, 6) is -0.451. The van der Waals surface area contributed by atoms with Gasteiger partial charge in [0.2, 0.25) is 0 Å². The molecule has 1 aromatic rings. The molecule has 2 N–H and O–H groups in total. The third-order valence-electron chi connectivity index (χ3n) is 2.75. The normalized spacial score (nSPS) is 17.9. The zero-order valence-corrected chi connectivity index (χ0v) is 9.06. The second-order valence-corrected chi connectivity index (χ2v) is 3.71. The molecule has 0 amide bonds. The summed E-state index contributed by atoms with van der Waals surface area (Å²) in [7, 11) is 0. The maximum atomic E-state index is 11.7. The summed E-state index contributed by atoms with van der Waals surface area (Å²) in [5.41, 5.74) is 7.42. The summed E-state index contributed by atoms with van der Waals surface area (Å²) < 4.78 is 6.64. The minimum absolute atomic E-state index is 0.299. The van der Waals surface area contributed by atoms with Crippen LogP contribution in [0.3, 0.4) is 0 Å². The Morgan fingerprint density at radius 3 is 3.19 bits per heavy atom. The van der Waals surface area contributed by atoms with Gasteiger partial charge in [0.05, 0.1) is 18.4 Å². The predicted octanol–water partition coefficient (Wildman–Crippen LogP) is 1.26. The molecule has 0 saturated carbocycles. The van der Waals surface area contributed by atoms with Crippen LogP contribution in [-0.2, 0) is 11.2 Å². The lowest BCUT2D eigenvalue weighted by Gasteiger charge is -2.10. The number of aromatic nitrogens is 1. The number of carbonyl (C=O) groups is 1. The highest BCUT2D eigenvalue weighted by Crippen LogP contribution is 2.32. The SMILES string of the molecule is CCOC(=O)c1c(N)cc2n1C(C#N)CC2. The minimum atomic E-state index is -0.451. The van der Waals surface area contributed by atoms with Gasteiger partial charge in [0, 0.05) is 5.69 Å². The number of fused-ring (bicyclic) bond motifs is 1. The van der Waals surface area contributed by atoms with Crippen LogP contribution in [-0.4, -0.2) is 17.1 Å². The van der Waals surface area contributed by atoms with E-state index in [4.69, 9.17) is 15.7 Å². The van der Waals surface area contributed by atoms with E-state index in [-0.39, 0.29) is 6.04 Å². The van der Waals surface area contributed by atoms with Gasteiger partial charge in [-0.3, -0.25) is 0 Å². The van der Waals surface area contributed by atoms with Crippen molar-refractivity contribution in [3.8, 4) is 6.07 Å². The molecule has 16 heavy (non-hydrogen) atoms. The van der Waals surface area contributed by atoms with Crippen LogP contribution in [0, 0.1) is 11.3 Å². The van der Waals surface area contributed by atoms with Crippen LogP contribution in [0.15, 0.2) is 6.07 Å². The fourth-order valence-electron chi connectivity index (χ4n) is 2.10. The van der Waals surface area contributed by atoms with E-state index in [0.29, 0.717) is 18.0 Å². The van der Waals surface area contributed by atoms with Crippen LogP contribution < -0.4 is 5.73 Å². The molecular weight excluding hydrogens is 206 g/mol. The summed E-state index contributed by atoms with van der Waals surface area (Å²) in [6.45, 7) is 2.04. The number of carbonyl (C=O) groups excluding carboxylic acids is 1. The number of anilines is 1. The fourth-order valence-corrected chi connectivity index (χ4v) is 2.10. The first-order chi connectivity index (χ1) is 7.69. The zero-order valence-electron chi connectivity index (χ0n) is 9.06. The standard InChI is InChI=1S/C11H13N3O2/c1-2-16-11(15)10-9(13)5-7-3-4-8(6-12)14(7)10/h5,8H,2-4,13H2,1H3. The topological polar surface area (TPSA) is 81.0 Å². The Morgan fingerprint density at radius 2 is 2.56 bits per heavy atom. The Balaban J connectivity index is 2.46. The number of nitrogens with zero attached hydrogens (tertiary/aromatic N) is 2. The Bertz CT molecular complexity index is 470. The van der Waals surface area contributed by atoms with Crippen molar-refractivity contribution >= 4 is 11.7 Å². The molecule has 84 valence electrons. The lowest BCUT2D eigenvalue weighted by molar-refractivity contribution is 0.0514. The molecule has 1 aliphatic rings. The fraction of sp³-hybridized carbons (Fsp3) is 0.455. The quantitative estimate of drug-likeness (QED) is 0.759. The van der Waals surface area contributed by atoms with Crippen LogP contribution in [0.5, 0.6) is 0 Å². The van der Waals surface area contributed by atoms with E-state index >= 15 is 0 Å². The molecule has 0 bridgehead atoms. The molecular formula is C11H13N3O2. The average molecular weight is 219 g/mol. The number of aryl methyl sites for hydroxylation is 1. The highest BCUT2D eigenvalue weighted by Gasteiger charge is 2.30. The summed E-state index contributed by atoms with van der Waals surface area (Å²) in [6, 6.07) is 3.62. The smallest absolute Gasteiger partial charge is 0.357 e. The third kappa shape index (κ3) is 1.43. The van der Waals surface area contributed by atoms with E-state index in [9.17, 15) is 4.79 Å². The number of rotatable bonds is 2. The number of hydrogen-bond donors (Lipinski definition) is 1. The number of esters is 1. The molecule has 1 aromatic heterocycles. The van der Waals surface area contributed by atoms with Crippen LogP contribution >= 0.6 is 0 Å². The Kier molecular flexibility index (Phi) is 2.57. The van der Waals surface area contributed by atoms with Crippen molar-refractivity contribution in [2.24, 2.45) is 0 Å². The van der Waals surface area contributed by atoms with E-state index in [1.54, 1.807) is 17.6 Å². The summed E-state index contributed by atoms with van der Waals surface area (Å²) in [5, 5.41) is 8.99. The molecule has 1 atom stereocenters. The number of ether oxygens (including phenoxy) is 1. The first-order valence-electron chi connectivity index (χ1n) is 5.25. The Hall–Kier alpha value is -1.96. The zero-order chi connectivity index (χ0) is 11.7. The van der Waals surface area contributed by atoms with Crippen molar-refractivity contribution in [2.75, 3.05) is 12.3 Å². The van der Waals surface area contributed by atoms with Crippen LogP contribution in [0.2, 0.25) is 0 Å². The third-order valence-corrected chi connectivity index (χ3v) is 2.75. The summed E-state index contributed by atoms with van der Waals surface area (Å²) >= 11 is 0. The molecule has 0 spiro atoms. The average Bonchev–Trinajstić information content (AvgIpc) is 2.75. The van der Waals surface area contributed by atoms with Crippen molar-refractivity contribution in [3.05, 3.63) is 17.5 Å². The van der Waals surface area contributed by atoms with E-state index < -0.39 is 5.97 Å². The monoisotopic (exact) mass is 219 g/mol. The van der Waals surface area contributed by atoms with Gasteiger partial charge >= 0.3 is 5.97 Å². The van der Waals surface area contributed by atoms with Crippen LogP contribution in [0.25, 0.3) is 0 Å². The van der Waals surface area contributed by atoms with Gasteiger partial charge in [-0.2, -0.15) is 5.26 Å². The maximum absolute atomic E-state index is 11.7. The molecule has 0 fully saturated rings. The van der Waals surface area contributed by atoms with Gasteiger partial charge in [-0.25, -0.2) is 4.79 Å². The highest BCUT2D eigenvalue weighted by atomic mass is 16.5. The van der Waals surface area contributed by atoms with Gasteiger partial charge in [0.25, 0.3) is 0 Å². The second-order valence-electron chi connectivity index (χ2n) is 3.71. The van der Waals surface area contributed by atoms with Crippen molar-refractivity contribution in [1.29, 1.82) is 5.26 Å². The Labute approximate surface area is 93.4 Å². The Morgan fingerprint density at radius 1 is 1.81 bits per heavy atom. The van der Waals surface area contributed by atoms with Gasteiger partial charge in [-0.15, -0.1) is 0 Å². The molecule has 0 radical (unpaired) electrons. The van der Waals surface area contributed by atoms with Gasteiger partial charge < -0.3 is 15.0 Å². The largest absolute Gasteiger partial charge is 0.461 e. The molecule has 1 unspecified atom stereocenters. The van der Waals surface area contributed by atoms with Gasteiger partial charge in [0.15, 0.2) is 5.69 Å². The number of hydrogen-bond acceptors (Lipinski definition) is 4. The van der Waals surface area contributed by atoms with Crippen LogP contribution in [0.1, 0.15) is 35.6 Å². The molecule has 5 nitrogen and oxygen atoms in total. The van der Waals surface area contributed by atoms with Crippen LogP contribution in [0.4, 0.5) is 5.69 Å². The first-order valence-corrected chi connectivity index (χ1v) is 5.25. The van der Waals surface area contributed by atoms with E-state index in [0.717, 1.165) is 18.5 Å². The lowest BCUT2D eigenvalue weighted by Crippen LogP contribution is -2.15. The molecule has 0 aromatic carbocycles.